The van der Waals surface area contributed by atoms with Crippen LogP contribution < -0.4 is 5.32 Å². The molecule has 40 heavy (non-hydrogen) atoms. The van der Waals surface area contributed by atoms with Crippen molar-refractivity contribution in [1.82, 2.24) is 14.8 Å². The van der Waals surface area contributed by atoms with Crippen LogP contribution in [0.1, 0.15) is 56.0 Å². The Balaban J connectivity index is 1.23. The molecule has 204 valence electrons. The molecule has 0 aliphatic carbocycles. The third kappa shape index (κ3) is 5.10. The van der Waals surface area contributed by atoms with Crippen LogP contribution in [0.5, 0.6) is 5.75 Å². The summed E-state index contributed by atoms with van der Waals surface area (Å²) < 4.78 is 37.2. The van der Waals surface area contributed by atoms with Gasteiger partial charge in [-0.3, -0.25) is 14.9 Å². The van der Waals surface area contributed by atoms with Crippen LogP contribution in [-0.4, -0.2) is 51.8 Å². The smallest absolute Gasteiger partial charge is 0.255 e. The Kier molecular flexibility index (Phi) is 6.15. The van der Waals surface area contributed by atoms with Crippen molar-refractivity contribution in [3.8, 4) is 16.9 Å². The number of phenols is 1. The lowest BCUT2D eigenvalue weighted by atomic mass is 9.88. The fourth-order valence-corrected chi connectivity index (χ4v) is 6.06. The van der Waals surface area contributed by atoms with Crippen molar-refractivity contribution in [3.05, 3.63) is 100 Å². The molecular formula is C31H29FN4O3S. The summed E-state index contributed by atoms with van der Waals surface area (Å²) >= 11 is 1.20. The van der Waals surface area contributed by atoms with Crippen LogP contribution in [0.15, 0.2) is 72.2 Å². The van der Waals surface area contributed by atoms with Crippen molar-refractivity contribution in [2.75, 3.05) is 25.4 Å². The van der Waals surface area contributed by atoms with E-state index in [1.54, 1.807) is 16.3 Å². The van der Waals surface area contributed by atoms with E-state index in [0.717, 1.165) is 41.7 Å². The maximum absolute atomic E-state index is 14.3. The minimum absolute atomic E-state index is 0.0178. The number of aromatic hydroxyl groups is 1. The van der Waals surface area contributed by atoms with Gasteiger partial charge in [0.2, 0.25) is 0 Å². The number of benzene rings is 3. The third-order valence-corrected chi connectivity index (χ3v) is 8.35. The number of carbonyl (C=O) groups excluding carboxylic acids is 2. The molecule has 3 heterocycles. The molecule has 2 aliphatic heterocycles. The number of anilines is 1. The van der Waals surface area contributed by atoms with E-state index in [1.165, 1.54) is 28.5 Å². The van der Waals surface area contributed by atoms with Crippen molar-refractivity contribution in [2.24, 2.45) is 0 Å². The molecule has 1 unspecified atom stereocenters. The highest BCUT2D eigenvalue weighted by Crippen LogP contribution is 2.38. The molecule has 6 rings (SSSR count). The highest BCUT2D eigenvalue weighted by Gasteiger charge is 2.39. The van der Waals surface area contributed by atoms with E-state index >= 15 is 0 Å². The van der Waals surface area contributed by atoms with Crippen LogP contribution in [0.4, 0.5) is 9.52 Å². The van der Waals surface area contributed by atoms with E-state index < -0.39 is 30.6 Å². The van der Waals surface area contributed by atoms with Crippen molar-refractivity contribution >= 4 is 28.3 Å². The van der Waals surface area contributed by atoms with E-state index in [4.69, 9.17) is 4.11 Å². The fraction of sp³-hybridized carbons (Fsp3) is 0.258. The van der Waals surface area contributed by atoms with Crippen LogP contribution in [0.25, 0.3) is 11.1 Å². The first-order valence-corrected chi connectivity index (χ1v) is 13.9. The van der Waals surface area contributed by atoms with Gasteiger partial charge < -0.3 is 14.9 Å². The molecule has 1 saturated heterocycles. The minimum atomic E-state index is -2.06. The summed E-state index contributed by atoms with van der Waals surface area (Å²) in [5.74, 6) is -1.67. The molecule has 1 fully saturated rings. The Bertz CT molecular complexity index is 1660. The second-order valence-electron chi connectivity index (χ2n) is 10.1. The van der Waals surface area contributed by atoms with Crippen molar-refractivity contribution in [2.45, 2.75) is 31.3 Å². The highest BCUT2D eigenvalue weighted by molar-refractivity contribution is 7.13. The van der Waals surface area contributed by atoms with Crippen molar-refractivity contribution < 1.29 is 23.2 Å². The topological polar surface area (TPSA) is 85.8 Å². The monoisotopic (exact) mass is 559 g/mol. The number of phenolic OH excluding ortho intramolecular Hbond substituents is 1. The summed E-state index contributed by atoms with van der Waals surface area (Å²) in [6.07, 6.45) is 3.08. The van der Waals surface area contributed by atoms with Crippen LogP contribution in [-0.2, 0) is 11.3 Å². The molecule has 9 heteroatoms. The average molecular weight is 560 g/mol. The number of nitrogens with zero attached hydrogens (tertiary/aromatic N) is 3. The number of amides is 2. The van der Waals surface area contributed by atoms with E-state index in [-0.39, 0.29) is 23.8 Å². The van der Waals surface area contributed by atoms with Gasteiger partial charge in [0.15, 0.2) is 5.13 Å². The molecule has 7 nitrogen and oxygen atoms in total. The first-order valence-electron chi connectivity index (χ1n) is 14.6. The molecule has 2 aliphatic rings. The summed E-state index contributed by atoms with van der Waals surface area (Å²) in [6, 6.07) is 15.7. The second-order valence-corrected chi connectivity index (χ2v) is 11.0. The summed E-state index contributed by atoms with van der Waals surface area (Å²) in [5, 5.41) is 15.3. The molecule has 2 N–H and O–H groups in total. The van der Waals surface area contributed by atoms with Crippen molar-refractivity contribution in [3.63, 3.8) is 0 Å². The molecule has 0 bridgehead atoms. The van der Waals surface area contributed by atoms with Gasteiger partial charge >= 0.3 is 0 Å². The molecule has 1 atom stereocenters. The lowest BCUT2D eigenvalue weighted by Crippen LogP contribution is -2.37. The maximum Gasteiger partial charge on any atom is 0.255 e. The minimum Gasteiger partial charge on any atom is -0.508 e. The van der Waals surface area contributed by atoms with Gasteiger partial charge in [-0.05, 0) is 85.3 Å². The zero-order valence-electron chi connectivity index (χ0n) is 24.5. The maximum atomic E-state index is 14.3. The molecular weight excluding hydrogens is 527 g/mol. The molecule has 0 radical (unpaired) electrons. The van der Waals surface area contributed by atoms with Crippen LogP contribution in [0.2, 0.25) is 0 Å². The first-order chi connectivity index (χ1) is 20.6. The van der Waals surface area contributed by atoms with Gasteiger partial charge in [0.25, 0.3) is 11.8 Å². The average Bonchev–Trinajstić information content (AvgIpc) is 3.62. The van der Waals surface area contributed by atoms with Gasteiger partial charge in [0.1, 0.15) is 17.6 Å². The number of hydrogen-bond acceptors (Lipinski definition) is 6. The third-order valence-electron chi connectivity index (χ3n) is 7.66. The number of likely N-dealkylation sites (tertiary alicyclic amines) is 1. The van der Waals surface area contributed by atoms with Gasteiger partial charge in [-0.15, -0.1) is 11.3 Å². The number of aromatic nitrogens is 1. The number of carbonyl (C=O) groups is 2. The summed E-state index contributed by atoms with van der Waals surface area (Å²) in [5.41, 5.74) is 4.03. The van der Waals surface area contributed by atoms with E-state index in [2.05, 4.69) is 22.4 Å². The van der Waals surface area contributed by atoms with Gasteiger partial charge in [-0.1, -0.05) is 36.4 Å². The van der Waals surface area contributed by atoms with Crippen LogP contribution >= 0.6 is 11.3 Å². The number of nitrogens with one attached hydrogen (secondary N) is 1. The number of fused-ring (bicyclic) bond motifs is 1. The van der Waals surface area contributed by atoms with E-state index in [9.17, 15) is 19.1 Å². The van der Waals surface area contributed by atoms with Gasteiger partial charge in [0.05, 0.1) is 0 Å². The lowest BCUT2D eigenvalue weighted by Gasteiger charge is -2.29. The Morgan fingerprint density at radius 2 is 1.90 bits per heavy atom. The van der Waals surface area contributed by atoms with Crippen molar-refractivity contribution in [1.29, 1.82) is 0 Å². The molecule has 0 spiro atoms. The molecule has 0 saturated carbocycles. The largest absolute Gasteiger partial charge is 0.508 e. The fourth-order valence-electron chi connectivity index (χ4n) is 5.53. The summed E-state index contributed by atoms with van der Waals surface area (Å²) in [7, 11) is 0. The number of piperidine rings is 1. The predicted octanol–water partition coefficient (Wildman–Crippen LogP) is 5.80. The Hall–Kier alpha value is -4.08. The molecule has 1 aromatic heterocycles. The summed E-state index contributed by atoms with van der Waals surface area (Å²) in [4.78, 5) is 34.2. The Morgan fingerprint density at radius 1 is 1.12 bits per heavy atom. The molecule has 2 amide bonds. The predicted molar refractivity (Wildman–Crippen MR) is 153 cm³/mol. The van der Waals surface area contributed by atoms with Gasteiger partial charge in [-0.2, -0.15) is 0 Å². The van der Waals surface area contributed by atoms with E-state index in [1.807, 2.05) is 24.3 Å². The first kappa shape index (κ1) is 22.7. The van der Waals surface area contributed by atoms with Crippen LogP contribution in [0, 0.1) is 5.82 Å². The molecule has 3 aromatic carbocycles. The number of halogens is 1. The molecule has 4 aromatic rings. The SMILES string of the molecule is [2H]C([2H])([2H])N1CCC(c2ccc(-c3ccc4c(c3)C(=O)N(C(C(=O)Nc3nccs3)c3cc(F)ccc3O)C4)cc2)CC1. The zero-order chi connectivity index (χ0) is 30.3. The normalized spacial score (nSPS) is 18.1. The zero-order valence-corrected chi connectivity index (χ0v) is 22.3. The number of hydrogen-bond donors (Lipinski definition) is 2. The Labute approximate surface area is 240 Å². The van der Waals surface area contributed by atoms with Crippen LogP contribution in [0.3, 0.4) is 0 Å². The second kappa shape index (κ2) is 10.8. The highest BCUT2D eigenvalue weighted by atomic mass is 32.1. The number of thiazole rings is 1. The Morgan fingerprint density at radius 3 is 2.62 bits per heavy atom. The lowest BCUT2D eigenvalue weighted by molar-refractivity contribution is -0.120. The van der Waals surface area contributed by atoms with Gasteiger partial charge in [-0.25, -0.2) is 9.37 Å². The summed E-state index contributed by atoms with van der Waals surface area (Å²) in [6.45, 7) is -0.891. The van der Waals surface area contributed by atoms with Gasteiger partial charge in [0, 0.05) is 33.4 Å². The number of rotatable bonds is 6. The standard InChI is InChI=1S/C31H29FN4O3S/c1-35-13-10-21(11-14-35)19-2-4-20(5-3-19)22-6-7-23-18-36(30(39)25(23)16-22)28(26-17-24(32)8-9-27(26)37)29(38)34-31-33-12-15-40-31/h2-9,12,15-17,21,28,37H,10-11,13-14,18H2,1H3,(H,33,34,38)/i1D3. The quantitative estimate of drug-likeness (QED) is 0.312. The van der Waals surface area contributed by atoms with E-state index in [0.29, 0.717) is 29.3 Å².